The van der Waals surface area contributed by atoms with Crippen LogP contribution in [0, 0.1) is 5.41 Å². The lowest BCUT2D eigenvalue weighted by molar-refractivity contribution is 0.0429. The maximum absolute atomic E-state index is 5.98. The van der Waals surface area contributed by atoms with Crippen molar-refractivity contribution in [3.8, 4) is 0 Å². The molecule has 2 fully saturated rings. The van der Waals surface area contributed by atoms with Crippen molar-refractivity contribution in [2.24, 2.45) is 11.1 Å². The monoisotopic (exact) mass is 243 g/mol. The van der Waals surface area contributed by atoms with Crippen LogP contribution in [0.2, 0.25) is 0 Å². The van der Waals surface area contributed by atoms with Gasteiger partial charge in [0.2, 0.25) is 0 Å². The smallest absolute Gasteiger partial charge is 0.0700 e. The molecular formula is C13H25NO3. The van der Waals surface area contributed by atoms with Crippen LogP contribution in [0.5, 0.6) is 0 Å². The van der Waals surface area contributed by atoms with Gasteiger partial charge in [-0.05, 0) is 32.1 Å². The first-order valence-corrected chi connectivity index (χ1v) is 6.73. The summed E-state index contributed by atoms with van der Waals surface area (Å²) in [7, 11) is 1.69. The summed E-state index contributed by atoms with van der Waals surface area (Å²) in [5.41, 5.74) is 6.22. The van der Waals surface area contributed by atoms with E-state index in [1.54, 1.807) is 7.11 Å². The highest BCUT2D eigenvalue weighted by atomic mass is 16.5. The van der Waals surface area contributed by atoms with Crippen molar-refractivity contribution in [2.75, 3.05) is 33.5 Å². The molecule has 0 saturated carbocycles. The van der Waals surface area contributed by atoms with Crippen LogP contribution in [-0.2, 0) is 14.2 Å². The lowest BCUT2D eigenvalue weighted by Crippen LogP contribution is -2.39. The van der Waals surface area contributed by atoms with Gasteiger partial charge >= 0.3 is 0 Å². The van der Waals surface area contributed by atoms with Crippen molar-refractivity contribution in [3.05, 3.63) is 0 Å². The Morgan fingerprint density at radius 1 is 1.29 bits per heavy atom. The molecule has 0 aliphatic carbocycles. The third-order valence-electron chi connectivity index (χ3n) is 4.23. The predicted octanol–water partition coefficient (Wildman–Crippen LogP) is 1.33. The van der Waals surface area contributed by atoms with Gasteiger partial charge in [0.15, 0.2) is 0 Å². The Morgan fingerprint density at radius 3 is 2.76 bits per heavy atom. The molecule has 17 heavy (non-hydrogen) atoms. The van der Waals surface area contributed by atoms with Gasteiger partial charge in [0.25, 0.3) is 0 Å². The molecule has 3 unspecified atom stereocenters. The minimum absolute atomic E-state index is 0.244. The summed E-state index contributed by atoms with van der Waals surface area (Å²) < 4.78 is 16.4. The molecule has 2 aliphatic rings. The third kappa shape index (κ3) is 2.99. The van der Waals surface area contributed by atoms with Crippen LogP contribution < -0.4 is 5.73 Å². The Bertz CT molecular complexity index is 237. The van der Waals surface area contributed by atoms with Crippen LogP contribution in [0.3, 0.4) is 0 Å². The van der Waals surface area contributed by atoms with Crippen LogP contribution in [0.1, 0.15) is 32.1 Å². The Kier molecular flexibility index (Phi) is 4.79. The van der Waals surface area contributed by atoms with Crippen LogP contribution in [0.4, 0.5) is 0 Å². The Balaban J connectivity index is 1.66. The molecule has 4 heteroatoms. The molecule has 4 nitrogen and oxygen atoms in total. The van der Waals surface area contributed by atoms with Crippen molar-refractivity contribution < 1.29 is 14.2 Å². The molecular weight excluding hydrogens is 218 g/mol. The highest BCUT2D eigenvalue weighted by Gasteiger charge is 2.50. The molecule has 2 heterocycles. The van der Waals surface area contributed by atoms with Crippen LogP contribution in [0.15, 0.2) is 0 Å². The molecule has 0 aromatic rings. The number of methoxy groups -OCH3 is 1. The van der Waals surface area contributed by atoms with E-state index in [4.69, 9.17) is 19.9 Å². The second-order valence-corrected chi connectivity index (χ2v) is 5.30. The summed E-state index contributed by atoms with van der Waals surface area (Å²) in [4.78, 5) is 0. The third-order valence-corrected chi connectivity index (χ3v) is 4.23. The maximum atomic E-state index is 5.98. The number of hydrogen-bond acceptors (Lipinski definition) is 4. The van der Waals surface area contributed by atoms with Gasteiger partial charge in [0.05, 0.1) is 25.4 Å². The van der Waals surface area contributed by atoms with E-state index in [-0.39, 0.29) is 5.41 Å². The number of ether oxygens (including phenoxy) is 3. The number of hydrogen-bond donors (Lipinski definition) is 1. The topological polar surface area (TPSA) is 53.7 Å². The van der Waals surface area contributed by atoms with Crippen molar-refractivity contribution in [3.63, 3.8) is 0 Å². The Morgan fingerprint density at radius 2 is 2.18 bits per heavy atom. The van der Waals surface area contributed by atoms with E-state index >= 15 is 0 Å². The molecule has 0 radical (unpaired) electrons. The first kappa shape index (κ1) is 13.3. The van der Waals surface area contributed by atoms with Gasteiger partial charge in [0, 0.05) is 25.7 Å². The summed E-state index contributed by atoms with van der Waals surface area (Å²) in [5, 5.41) is 0. The molecule has 3 atom stereocenters. The lowest BCUT2D eigenvalue weighted by Gasteiger charge is -2.34. The van der Waals surface area contributed by atoms with E-state index in [1.807, 2.05) is 0 Å². The van der Waals surface area contributed by atoms with Gasteiger partial charge < -0.3 is 19.9 Å². The van der Waals surface area contributed by atoms with Gasteiger partial charge in [-0.3, -0.25) is 0 Å². The van der Waals surface area contributed by atoms with Gasteiger partial charge in [-0.25, -0.2) is 0 Å². The van der Waals surface area contributed by atoms with Gasteiger partial charge in [-0.2, -0.15) is 0 Å². The van der Waals surface area contributed by atoms with Crippen molar-refractivity contribution in [1.82, 2.24) is 0 Å². The van der Waals surface area contributed by atoms with Gasteiger partial charge in [-0.1, -0.05) is 0 Å². The average Bonchev–Trinajstić information content (AvgIpc) is 2.94. The summed E-state index contributed by atoms with van der Waals surface area (Å²) >= 11 is 0. The minimum Gasteiger partial charge on any atom is -0.382 e. The fourth-order valence-electron chi connectivity index (χ4n) is 3.24. The van der Waals surface area contributed by atoms with Crippen LogP contribution >= 0.6 is 0 Å². The number of nitrogens with two attached hydrogens (primary N) is 1. The molecule has 2 bridgehead atoms. The predicted molar refractivity (Wildman–Crippen MR) is 65.9 cm³/mol. The molecule has 2 saturated heterocycles. The Hall–Kier alpha value is -0.160. The number of fused-ring (bicyclic) bond motifs is 2. The molecule has 2 N–H and O–H groups in total. The largest absolute Gasteiger partial charge is 0.382 e. The molecule has 0 spiro atoms. The fourth-order valence-corrected chi connectivity index (χ4v) is 3.24. The normalized spacial score (nSPS) is 35.6. The second kappa shape index (κ2) is 6.14. The van der Waals surface area contributed by atoms with E-state index < -0.39 is 0 Å². The van der Waals surface area contributed by atoms with E-state index in [0.29, 0.717) is 25.4 Å². The van der Waals surface area contributed by atoms with Crippen molar-refractivity contribution in [2.45, 2.75) is 44.3 Å². The van der Waals surface area contributed by atoms with Gasteiger partial charge in [0.1, 0.15) is 0 Å². The van der Waals surface area contributed by atoms with Crippen LogP contribution in [0.25, 0.3) is 0 Å². The average molecular weight is 243 g/mol. The first-order chi connectivity index (χ1) is 8.30. The SMILES string of the molecule is COCCOCCCC1(CN)CC2CCC1O2. The highest BCUT2D eigenvalue weighted by molar-refractivity contribution is 5.00. The number of rotatable bonds is 8. The second-order valence-electron chi connectivity index (χ2n) is 5.30. The van der Waals surface area contributed by atoms with E-state index in [1.165, 1.54) is 12.8 Å². The van der Waals surface area contributed by atoms with E-state index in [2.05, 4.69) is 0 Å². The molecule has 0 aromatic heterocycles. The van der Waals surface area contributed by atoms with E-state index in [9.17, 15) is 0 Å². The summed E-state index contributed by atoms with van der Waals surface area (Å²) in [6.45, 7) is 2.93. The molecule has 100 valence electrons. The zero-order valence-electron chi connectivity index (χ0n) is 10.8. The minimum atomic E-state index is 0.244. The quantitative estimate of drug-likeness (QED) is 0.653. The van der Waals surface area contributed by atoms with Crippen molar-refractivity contribution in [1.29, 1.82) is 0 Å². The van der Waals surface area contributed by atoms with Gasteiger partial charge in [-0.15, -0.1) is 0 Å². The summed E-state index contributed by atoms with van der Waals surface area (Å²) in [6.07, 6.45) is 6.70. The first-order valence-electron chi connectivity index (χ1n) is 6.73. The summed E-state index contributed by atoms with van der Waals surface area (Å²) in [6, 6.07) is 0. The van der Waals surface area contributed by atoms with Crippen LogP contribution in [-0.4, -0.2) is 45.7 Å². The molecule has 2 aliphatic heterocycles. The summed E-state index contributed by atoms with van der Waals surface area (Å²) in [5.74, 6) is 0. The lowest BCUT2D eigenvalue weighted by atomic mass is 9.71. The fraction of sp³-hybridized carbons (Fsp3) is 1.00. The standard InChI is InChI=1S/C13H25NO3/c1-15-7-8-16-6-2-5-13(10-14)9-11-3-4-12(13)17-11/h11-12H,2-10,14H2,1H3. The molecule has 0 aromatic carbocycles. The van der Waals surface area contributed by atoms with E-state index in [0.717, 1.165) is 32.4 Å². The zero-order valence-corrected chi connectivity index (χ0v) is 10.8. The zero-order chi connectivity index (χ0) is 12.1. The molecule has 2 rings (SSSR count). The Labute approximate surface area is 104 Å². The van der Waals surface area contributed by atoms with Crippen molar-refractivity contribution >= 4 is 0 Å². The maximum Gasteiger partial charge on any atom is 0.0700 e. The molecule has 0 amide bonds. The highest BCUT2D eigenvalue weighted by Crippen LogP contribution is 2.49.